The van der Waals surface area contributed by atoms with Gasteiger partial charge < -0.3 is 10.0 Å². The number of rotatable bonds is 2. The van der Waals surface area contributed by atoms with Gasteiger partial charge in [-0.1, -0.05) is 6.07 Å². The topological polar surface area (TPSA) is 51.5 Å². The third kappa shape index (κ3) is 2.18. The van der Waals surface area contributed by atoms with Crippen molar-refractivity contribution in [2.24, 2.45) is 4.99 Å². The van der Waals surface area contributed by atoms with Gasteiger partial charge in [0.15, 0.2) is 0 Å². The van der Waals surface area contributed by atoms with Crippen LogP contribution in [-0.2, 0) is 0 Å². The van der Waals surface area contributed by atoms with E-state index in [1.54, 1.807) is 12.3 Å². The summed E-state index contributed by atoms with van der Waals surface area (Å²) in [6.45, 7) is 2.46. The Kier molecular flexibility index (Phi) is 3.25. The second-order valence-corrected chi connectivity index (χ2v) is 2.44. The average Bonchev–Trinajstić information content (AvgIpc) is 2.20. The fourth-order valence-electron chi connectivity index (χ4n) is 1.03. The standard InChI is InChI=1S/C9H13N3O/c1-3-12(9(13)10-2)8-6-4-5-7-11-8/h4-7H,3H2,1-2H3,(H,10,13)/p-1. The molecule has 0 spiro atoms. The molecule has 0 amide bonds. The summed E-state index contributed by atoms with van der Waals surface area (Å²) in [5.74, 6) is 0.639. The number of pyridine rings is 1. The smallest absolute Gasteiger partial charge is 0.133 e. The van der Waals surface area contributed by atoms with Crippen molar-refractivity contribution in [1.82, 2.24) is 4.98 Å². The molecule has 1 aromatic heterocycles. The van der Waals surface area contributed by atoms with Gasteiger partial charge in [0.25, 0.3) is 0 Å². The Morgan fingerprint density at radius 1 is 1.62 bits per heavy atom. The summed E-state index contributed by atoms with van der Waals surface area (Å²) in [6.07, 6.45) is 1.65. The summed E-state index contributed by atoms with van der Waals surface area (Å²) in [5.41, 5.74) is 0. The molecule has 1 heterocycles. The van der Waals surface area contributed by atoms with Crippen molar-refractivity contribution < 1.29 is 5.11 Å². The first-order chi connectivity index (χ1) is 6.29. The SMILES string of the molecule is CCN(C([O-])=NC)c1ccccn1. The van der Waals surface area contributed by atoms with Crippen molar-refractivity contribution >= 4 is 11.8 Å². The highest BCUT2D eigenvalue weighted by molar-refractivity contribution is 5.86. The summed E-state index contributed by atoms with van der Waals surface area (Å²) in [7, 11) is 1.48. The van der Waals surface area contributed by atoms with Gasteiger partial charge >= 0.3 is 0 Å². The summed E-state index contributed by atoms with van der Waals surface area (Å²) >= 11 is 0. The molecule has 0 fully saturated rings. The molecule has 0 aliphatic heterocycles. The lowest BCUT2D eigenvalue weighted by Crippen LogP contribution is -2.40. The summed E-state index contributed by atoms with van der Waals surface area (Å²) in [4.78, 5) is 9.16. The van der Waals surface area contributed by atoms with E-state index in [1.807, 2.05) is 19.1 Å². The van der Waals surface area contributed by atoms with Crippen molar-refractivity contribution in [3.05, 3.63) is 24.4 Å². The van der Waals surface area contributed by atoms with Crippen LogP contribution in [0.4, 0.5) is 5.82 Å². The lowest BCUT2D eigenvalue weighted by molar-refractivity contribution is -0.218. The van der Waals surface area contributed by atoms with E-state index in [9.17, 15) is 5.11 Å². The predicted molar refractivity (Wildman–Crippen MR) is 50.6 cm³/mol. The van der Waals surface area contributed by atoms with Crippen LogP contribution in [0.5, 0.6) is 0 Å². The predicted octanol–water partition coefficient (Wildman–Crippen LogP) is 0.254. The third-order valence-corrected chi connectivity index (χ3v) is 1.66. The van der Waals surface area contributed by atoms with Crippen LogP contribution in [0.3, 0.4) is 0 Å². The van der Waals surface area contributed by atoms with Crippen molar-refractivity contribution in [2.45, 2.75) is 6.92 Å². The zero-order chi connectivity index (χ0) is 9.68. The molecule has 0 bridgehead atoms. The first-order valence-corrected chi connectivity index (χ1v) is 4.12. The zero-order valence-electron chi connectivity index (χ0n) is 7.77. The van der Waals surface area contributed by atoms with Crippen LogP contribution in [0.25, 0.3) is 0 Å². The van der Waals surface area contributed by atoms with E-state index in [-0.39, 0.29) is 6.02 Å². The number of hydrogen-bond donors (Lipinski definition) is 0. The molecular weight excluding hydrogens is 166 g/mol. The molecule has 0 aromatic carbocycles. The van der Waals surface area contributed by atoms with Gasteiger partial charge in [-0.2, -0.15) is 0 Å². The number of aromatic nitrogens is 1. The van der Waals surface area contributed by atoms with Gasteiger partial charge in [-0.3, -0.25) is 4.99 Å². The lowest BCUT2D eigenvalue weighted by atomic mass is 10.4. The maximum atomic E-state index is 11.3. The molecule has 4 nitrogen and oxygen atoms in total. The second kappa shape index (κ2) is 4.45. The van der Waals surface area contributed by atoms with Crippen LogP contribution < -0.4 is 10.0 Å². The molecule has 0 aliphatic carbocycles. The molecule has 13 heavy (non-hydrogen) atoms. The molecule has 0 radical (unpaired) electrons. The third-order valence-electron chi connectivity index (χ3n) is 1.66. The van der Waals surface area contributed by atoms with E-state index >= 15 is 0 Å². The van der Waals surface area contributed by atoms with Crippen molar-refractivity contribution in [3.63, 3.8) is 0 Å². The minimum atomic E-state index is -0.263. The number of hydrogen-bond acceptors (Lipinski definition) is 3. The second-order valence-electron chi connectivity index (χ2n) is 2.44. The Morgan fingerprint density at radius 2 is 2.38 bits per heavy atom. The van der Waals surface area contributed by atoms with E-state index in [2.05, 4.69) is 9.98 Å². The highest BCUT2D eigenvalue weighted by Crippen LogP contribution is 2.07. The fourth-order valence-corrected chi connectivity index (χ4v) is 1.03. The molecule has 0 atom stereocenters. The van der Waals surface area contributed by atoms with Crippen molar-refractivity contribution in [3.8, 4) is 0 Å². The van der Waals surface area contributed by atoms with Crippen molar-refractivity contribution in [1.29, 1.82) is 0 Å². The van der Waals surface area contributed by atoms with Crippen molar-refractivity contribution in [2.75, 3.05) is 18.5 Å². The Morgan fingerprint density at radius 3 is 2.85 bits per heavy atom. The normalized spacial score (nSPS) is 11.4. The summed E-state index contributed by atoms with van der Waals surface area (Å²) in [6, 6.07) is 5.17. The summed E-state index contributed by atoms with van der Waals surface area (Å²) < 4.78 is 0. The fraction of sp³-hybridized carbons (Fsp3) is 0.333. The van der Waals surface area contributed by atoms with Gasteiger partial charge in [0.05, 0.1) is 6.02 Å². The molecule has 4 heteroatoms. The highest BCUT2D eigenvalue weighted by atomic mass is 16.3. The van der Waals surface area contributed by atoms with E-state index in [1.165, 1.54) is 11.9 Å². The molecule has 1 rings (SSSR count). The molecule has 0 N–H and O–H groups in total. The van der Waals surface area contributed by atoms with Gasteiger partial charge in [-0.15, -0.1) is 0 Å². The van der Waals surface area contributed by atoms with Crippen LogP contribution in [0, 0.1) is 0 Å². The Bertz CT molecular complexity index is 284. The number of amidine groups is 1. The number of aliphatic imine (C=N–C) groups is 1. The Hall–Kier alpha value is -1.58. The molecule has 0 saturated carbocycles. The van der Waals surface area contributed by atoms with E-state index in [0.29, 0.717) is 12.4 Å². The van der Waals surface area contributed by atoms with E-state index in [0.717, 1.165) is 0 Å². The summed E-state index contributed by atoms with van der Waals surface area (Å²) in [5, 5.41) is 11.3. The molecule has 0 aliphatic rings. The van der Waals surface area contributed by atoms with Crippen LogP contribution in [-0.4, -0.2) is 24.6 Å². The molecule has 0 unspecified atom stereocenters. The lowest BCUT2D eigenvalue weighted by Gasteiger charge is -2.26. The average molecular weight is 178 g/mol. The molecule has 0 saturated heterocycles. The minimum Gasteiger partial charge on any atom is -0.846 e. The minimum absolute atomic E-state index is 0.263. The van der Waals surface area contributed by atoms with Crippen LogP contribution >= 0.6 is 0 Å². The van der Waals surface area contributed by atoms with Crippen LogP contribution in [0.1, 0.15) is 6.92 Å². The zero-order valence-corrected chi connectivity index (χ0v) is 7.77. The van der Waals surface area contributed by atoms with Gasteiger partial charge in [0.2, 0.25) is 0 Å². The molecule has 70 valence electrons. The molecule has 1 aromatic rings. The Labute approximate surface area is 77.6 Å². The van der Waals surface area contributed by atoms with Gasteiger partial charge in [-0.05, 0) is 19.1 Å². The quantitative estimate of drug-likeness (QED) is 0.482. The van der Waals surface area contributed by atoms with Gasteiger partial charge in [-0.25, -0.2) is 4.98 Å². The van der Waals surface area contributed by atoms with Crippen LogP contribution in [0.15, 0.2) is 29.4 Å². The molecular formula is C9H12N3O-. The first-order valence-electron chi connectivity index (χ1n) is 4.12. The van der Waals surface area contributed by atoms with Crippen LogP contribution in [0.2, 0.25) is 0 Å². The maximum absolute atomic E-state index is 11.3. The van der Waals surface area contributed by atoms with Gasteiger partial charge in [0.1, 0.15) is 5.82 Å². The maximum Gasteiger partial charge on any atom is 0.133 e. The monoisotopic (exact) mass is 178 g/mol. The van der Waals surface area contributed by atoms with E-state index in [4.69, 9.17) is 0 Å². The number of anilines is 1. The largest absolute Gasteiger partial charge is 0.846 e. The first kappa shape index (κ1) is 9.51. The van der Waals surface area contributed by atoms with Gasteiger partial charge in [0, 0.05) is 19.8 Å². The van der Waals surface area contributed by atoms with E-state index < -0.39 is 0 Å². The Balaban J connectivity index is 2.91. The number of nitrogens with zero attached hydrogens (tertiary/aromatic N) is 3. The highest BCUT2D eigenvalue weighted by Gasteiger charge is 2.02.